The molecule has 0 aromatic heterocycles. The molecule has 0 amide bonds. The minimum Gasteiger partial charge on any atom is -1.00 e. The van der Waals surface area contributed by atoms with Gasteiger partial charge in [0.1, 0.15) is 34.2 Å². The molecule has 0 unspecified atom stereocenters. The summed E-state index contributed by atoms with van der Waals surface area (Å²) in [5, 5.41) is 5.58. The van der Waals surface area contributed by atoms with Crippen LogP contribution in [0.5, 0.6) is 0 Å². The highest BCUT2D eigenvalue weighted by Gasteiger charge is 2.49. The molecule has 1 aliphatic rings. The Morgan fingerprint density at radius 2 is 1.11 bits per heavy atom. The van der Waals surface area contributed by atoms with Crippen molar-refractivity contribution in [1.29, 1.82) is 0 Å². The van der Waals surface area contributed by atoms with Crippen LogP contribution in [0.3, 0.4) is 0 Å². The second kappa shape index (κ2) is 9.41. The Labute approximate surface area is 175 Å². The summed E-state index contributed by atoms with van der Waals surface area (Å²) in [6, 6.07) is 33.0. The van der Waals surface area contributed by atoms with Crippen molar-refractivity contribution in [3.05, 3.63) is 102 Å². The number of benzene rings is 3. The number of ether oxygens (including phenoxy) is 1. The van der Waals surface area contributed by atoms with Crippen molar-refractivity contribution in [2.75, 3.05) is 6.61 Å². The van der Waals surface area contributed by atoms with Crippen LogP contribution < -0.4 is 28.3 Å². The Kier molecular flexibility index (Phi) is 6.94. The summed E-state index contributed by atoms with van der Waals surface area (Å²) in [5.41, 5.74) is 0. The molecule has 0 atom stereocenters. The highest BCUT2D eigenvalue weighted by molar-refractivity contribution is 7.99. The van der Waals surface area contributed by atoms with Gasteiger partial charge < -0.3 is 17.1 Å². The predicted molar refractivity (Wildman–Crippen MR) is 118 cm³/mol. The number of hydrogen-bond donors (Lipinski definition) is 0. The van der Waals surface area contributed by atoms with Gasteiger partial charge in [0, 0.05) is 6.42 Å². The fourth-order valence-electron chi connectivity index (χ4n) is 4.11. The number of halogens is 1. The maximum atomic E-state index is 6.22. The molecular formula is C25H26ClOP. The van der Waals surface area contributed by atoms with Gasteiger partial charge in [0.2, 0.25) is 0 Å². The van der Waals surface area contributed by atoms with E-state index in [1.807, 2.05) is 0 Å². The third-order valence-corrected chi connectivity index (χ3v) is 9.89. The second-order valence-corrected chi connectivity index (χ2v) is 10.6. The SMILES string of the molecule is CC(=C1CCCCO1)[P+](c1ccccc1)(c1ccccc1)c1ccccc1.[Cl-]. The largest absolute Gasteiger partial charge is 1.00 e. The summed E-state index contributed by atoms with van der Waals surface area (Å²) in [7, 11) is -1.96. The monoisotopic (exact) mass is 408 g/mol. The van der Waals surface area contributed by atoms with Crippen LogP contribution in [0.2, 0.25) is 0 Å². The molecule has 1 saturated heterocycles. The second-order valence-electron chi connectivity index (χ2n) is 6.99. The average molecular weight is 409 g/mol. The first-order valence-corrected chi connectivity index (χ1v) is 11.5. The zero-order valence-electron chi connectivity index (χ0n) is 16.2. The molecule has 0 bridgehead atoms. The zero-order valence-corrected chi connectivity index (χ0v) is 17.9. The van der Waals surface area contributed by atoms with Gasteiger partial charge in [-0.3, -0.25) is 0 Å². The fraction of sp³-hybridized carbons (Fsp3) is 0.200. The van der Waals surface area contributed by atoms with Crippen molar-refractivity contribution in [1.82, 2.24) is 0 Å². The van der Waals surface area contributed by atoms with Crippen molar-refractivity contribution >= 4 is 23.2 Å². The summed E-state index contributed by atoms with van der Waals surface area (Å²) < 4.78 is 6.22. The third kappa shape index (κ3) is 3.75. The molecule has 3 aromatic carbocycles. The Morgan fingerprint density at radius 1 is 0.679 bits per heavy atom. The maximum Gasteiger partial charge on any atom is 0.143 e. The molecule has 1 fully saturated rings. The molecule has 3 aromatic rings. The van der Waals surface area contributed by atoms with Crippen LogP contribution in [0.25, 0.3) is 0 Å². The van der Waals surface area contributed by atoms with Gasteiger partial charge in [-0.05, 0) is 56.2 Å². The first kappa shape index (κ1) is 20.6. The molecule has 0 N–H and O–H groups in total. The van der Waals surface area contributed by atoms with Gasteiger partial charge >= 0.3 is 0 Å². The standard InChI is InChI=1S/C25H26OP.ClH/c1-21(25-19-11-12-20-26-25)27(22-13-5-2-6-14-22,23-15-7-3-8-16-23)24-17-9-4-10-18-24;/h2-10,13-18H,11-12,19-20H2,1H3;1H/q+1;/p-1. The Balaban J connectivity index is 0.00000225. The van der Waals surface area contributed by atoms with Crippen LogP contribution in [0.1, 0.15) is 26.2 Å². The molecule has 0 radical (unpaired) electrons. The molecule has 0 spiro atoms. The lowest BCUT2D eigenvalue weighted by molar-refractivity contribution is -0.00000616. The highest BCUT2D eigenvalue weighted by atomic mass is 35.5. The minimum absolute atomic E-state index is 0. The van der Waals surface area contributed by atoms with Crippen LogP contribution in [0, 0.1) is 0 Å². The van der Waals surface area contributed by atoms with Gasteiger partial charge in [-0.15, -0.1) is 0 Å². The van der Waals surface area contributed by atoms with Crippen LogP contribution in [-0.4, -0.2) is 6.61 Å². The van der Waals surface area contributed by atoms with E-state index < -0.39 is 7.26 Å². The summed E-state index contributed by atoms with van der Waals surface area (Å²) in [6.07, 6.45) is 3.41. The Hall–Kier alpha value is -2.08. The molecule has 1 nitrogen and oxygen atoms in total. The van der Waals surface area contributed by atoms with Crippen molar-refractivity contribution in [3.63, 3.8) is 0 Å². The Bertz CT molecular complexity index is 802. The topological polar surface area (TPSA) is 9.23 Å². The van der Waals surface area contributed by atoms with Gasteiger partial charge in [0.25, 0.3) is 0 Å². The van der Waals surface area contributed by atoms with Crippen molar-refractivity contribution in [2.45, 2.75) is 26.2 Å². The van der Waals surface area contributed by atoms with Gasteiger partial charge in [-0.2, -0.15) is 0 Å². The van der Waals surface area contributed by atoms with E-state index in [4.69, 9.17) is 4.74 Å². The molecule has 144 valence electrons. The fourth-order valence-corrected chi connectivity index (χ4v) is 8.58. The number of allylic oxidation sites excluding steroid dienone is 2. The van der Waals surface area contributed by atoms with Gasteiger partial charge in [-0.25, -0.2) is 0 Å². The summed E-state index contributed by atoms with van der Waals surface area (Å²) in [4.78, 5) is 0. The lowest BCUT2D eigenvalue weighted by Crippen LogP contribution is -3.00. The van der Waals surface area contributed by atoms with Gasteiger partial charge in [-0.1, -0.05) is 54.6 Å². The van der Waals surface area contributed by atoms with E-state index >= 15 is 0 Å². The molecule has 1 heterocycles. The first-order chi connectivity index (χ1) is 13.3. The Morgan fingerprint density at radius 3 is 1.46 bits per heavy atom. The van der Waals surface area contributed by atoms with Crippen molar-refractivity contribution in [2.24, 2.45) is 0 Å². The van der Waals surface area contributed by atoms with E-state index in [9.17, 15) is 0 Å². The van der Waals surface area contributed by atoms with Crippen molar-refractivity contribution < 1.29 is 17.1 Å². The van der Waals surface area contributed by atoms with Crippen molar-refractivity contribution in [3.8, 4) is 0 Å². The normalized spacial score (nSPS) is 15.9. The lowest BCUT2D eigenvalue weighted by atomic mass is 10.2. The van der Waals surface area contributed by atoms with Crippen LogP contribution in [0.4, 0.5) is 0 Å². The summed E-state index contributed by atoms with van der Waals surface area (Å²) in [5.74, 6) is 1.20. The lowest BCUT2D eigenvalue weighted by Gasteiger charge is -2.30. The maximum absolute atomic E-state index is 6.22. The van der Waals surface area contributed by atoms with Crippen LogP contribution in [0.15, 0.2) is 102 Å². The van der Waals surface area contributed by atoms with E-state index in [0.717, 1.165) is 19.4 Å². The molecule has 3 heteroatoms. The molecular weight excluding hydrogens is 383 g/mol. The average Bonchev–Trinajstić information content (AvgIpc) is 2.77. The first-order valence-electron chi connectivity index (χ1n) is 9.72. The van der Waals surface area contributed by atoms with E-state index in [1.54, 1.807) is 0 Å². The van der Waals surface area contributed by atoms with Crippen LogP contribution >= 0.6 is 7.26 Å². The molecule has 0 saturated carbocycles. The van der Waals surface area contributed by atoms with E-state index in [1.165, 1.54) is 33.4 Å². The quantitative estimate of drug-likeness (QED) is 0.602. The number of hydrogen-bond acceptors (Lipinski definition) is 1. The molecule has 28 heavy (non-hydrogen) atoms. The number of rotatable bonds is 4. The van der Waals surface area contributed by atoms with E-state index in [0.29, 0.717) is 0 Å². The van der Waals surface area contributed by atoms with E-state index in [-0.39, 0.29) is 12.4 Å². The molecule has 4 rings (SSSR count). The van der Waals surface area contributed by atoms with E-state index in [2.05, 4.69) is 97.9 Å². The predicted octanol–water partition coefficient (Wildman–Crippen LogP) is 2.42. The highest BCUT2D eigenvalue weighted by Crippen LogP contribution is 2.63. The molecule has 0 aliphatic carbocycles. The van der Waals surface area contributed by atoms with Gasteiger partial charge in [0.15, 0.2) is 0 Å². The minimum atomic E-state index is -1.96. The molecule has 1 aliphatic heterocycles. The summed E-state index contributed by atoms with van der Waals surface area (Å²) >= 11 is 0. The van der Waals surface area contributed by atoms with Crippen LogP contribution in [-0.2, 0) is 4.74 Å². The smallest absolute Gasteiger partial charge is 0.143 e. The summed E-state index contributed by atoms with van der Waals surface area (Å²) in [6.45, 7) is 3.15. The van der Waals surface area contributed by atoms with Gasteiger partial charge in [0.05, 0.1) is 6.61 Å². The third-order valence-electron chi connectivity index (χ3n) is 5.41. The zero-order chi connectivity index (χ0) is 18.5.